The van der Waals surface area contributed by atoms with E-state index in [1.165, 1.54) is 0 Å². The van der Waals surface area contributed by atoms with Crippen LogP contribution in [-0.2, 0) is 8.54 Å². The number of phosphoric acid groups is 1. The standard InChI is InChI=1S/C6H17O4PS/c1-4-6-12(3,5-2)10-11(7,8)9/h4-6H2,1-3H3,(H2,7,8,9). The van der Waals surface area contributed by atoms with Crippen LogP contribution in [0.3, 0.4) is 0 Å². The SMILES string of the molecule is CCCS(C)(CC)OP(=O)(O)O. The van der Waals surface area contributed by atoms with Crippen LogP contribution in [0.15, 0.2) is 0 Å². The summed E-state index contributed by atoms with van der Waals surface area (Å²) in [6.07, 6.45) is 2.69. The van der Waals surface area contributed by atoms with Crippen LogP contribution in [0.25, 0.3) is 0 Å². The summed E-state index contributed by atoms with van der Waals surface area (Å²) in [5.41, 5.74) is 0. The summed E-state index contributed by atoms with van der Waals surface area (Å²) in [4.78, 5) is 17.2. The van der Waals surface area contributed by atoms with Gasteiger partial charge in [-0.25, -0.2) is 8.54 Å². The normalized spacial score (nSPS) is 20.1. The lowest BCUT2D eigenvalue weighted by Gasteiger charge is -2.33. The lowest BCUT2D eigenvalue weighted by molar-refractivity contribution is 0.294. The molecule has 2 N–H and O–H groups in total. The Labute approximate surface area is 75.1 Å². The number of hydrogen-bond donors (Lipinski definition) is 2. The first-order chi connectivity index (χ1) is 5.33. The third-order valence-corrected chi connectivity index (χ3v) is 6.23. The molecule has 1 unspecified atom stereocenters. The molecule has 0 amide bonds. The molecule has 0 bridgehead atoms. The molecule has 0 aromatic rings. The summed E-state index contributed by atoms with van der Waals surface area (Å²) in [6.45, 7) is 3.87. The lowest BCUT2D eigenvalue weighted by Crippen LogP contribution is -2.08. The van der Waals surface area contributed by atoms with Crippen LogP contribution < -0.4 is 0 Å². The Morgan fingerprint density at radius 2 is 1.92 bits per heavy atom. The summed E-state index contributed by atoms with van der Waals surface area (Å²) in [5, 5.41) is 0. The highest BCUT2D eigenvalue weighted by Crippen LogP contribution is 2.58. The van der Waals surface area contributed by atoms with E-state index in [-0.39, 0.29) is 0 Å². The van der Waals surface area contributed by atoms with Crippen LogP contribution in [0.1, 0.15) is 20.3 Å². The molecule has 4 nitrogen and oxygen atoms in total. The average Bonchev–Trinajstić information content (AvgIpc) is 1.84. The van der Waals surface area contributed by atoms with Gasteiger partial charge in [0.1, 0.15) is 0 Å². The van der Waals surface area contributed by atoms with Gasteiger partial charge in [0, 0.05) is 0 Å². The minimum absolute atomic E-state index is 0.686. The van der Waals surface area contributed by atoms with Crippen LogP contribution in [0, 0.1) is 0 Å². The smallest absolute Gasteiger partial charge is 0.302 e. The van der Waals surface area contributed by atoms with E-state index in [0.717, 1.165) is 12.2 Å². The van der Waals surface area contributed by atoms with Crippen molar-refractivity contribution in [2.45, 2.75) is 20.3 Å². The maximum atomic E-state index is 10.6. The fraction of sp³-hybridized carbons (Fsp3) is 1.00. The van der Waals surface area contributed by atoms with Crippen molar-refractivity contribution in [2.24, 2.45) is 0 Å². The maximum Gasteiger partial charge on any atom is 0.479 e. The first-order valence-electron chi connectivity index (χ1n) is 3.83. The highest BCUT2D eigenvalue weighted by atomic mass is 32.3. The van der Waals surface area contributed by atoms with E-state index in [0.29, 0.717) is 5.75 Å². The van der Waals surface area contributed by atoms with Crippen molar-refractivity contribution in [1.82, 2.24) is 0 Å². The molecule has 0 aromatic carbocycles. The summed E-state index contributed by atoms with van der Waals surface area (Å²) in [5.74, 6) is 1.43. The van der Waals surface area contributed by atoms with Crippen molar-refractivity contribution in [3.05, 3.63) is 0 Å². The van der Waals surface area contributed by atoms with Gasteiger partial charge in [-0.15, -0.1) is 10.3 Å². The van der Waals surface area contributed by atoms with Crippen LogP contribution in [0.5, 0.6) is 0 Å². The molecule has 0 aromatic heterocycles. The zero-order valence-electron chi connectivity index (χ0n) is 7.69. The van der Waals surface area contributed by atoms with Crippen molar-refractivity contribution in [3.63, 3.8) is 0 Å². The average molecular weight is 216 g/mol. The van der Waals surface area contributed by atoms with Crippen LogP contribution in [0.4, 0.5) is 0 Å². The molecule has 0 saturated heterocycles. The van der Waals surface area contributed by atoms with E-state index in [9.17, 15) is 4.57 Å². The molecule has 0 aliphatic rings. The van der Waals surface area contributed by atoms with Crippen LogP contribution in [-0.4, -0.2) is 27.5 Å². The van der Waals surface area contributed by atoms with Gasteiger partial charge in [-0.05, 0) is 24.2 Å². The predicted molar refractivity (Wildman–Crippen MR) is 52.3 cm³/mol. The van der Waals surface area contributed by atoms with Gasteiger partial charge in [0.2, 0.25) is 0 Å². The first kappa shape index (κ1) is 12.5. The van der Waals surface area contributed by atoms with Gasteiger partial charge in [-0.3, -0.25) is 0 Å². The summed E-state index contributed by atoms with van der Waals surface area (Å²) in [7, 11) is -5.84. The molecule has 0 aliphatic carbocycles. The zero-order chi connectivity index (χ0) is 9.83. The Morgan fingerprint density at radius 1 is 1.42 bits per heavy atom. The molecular formula is C6H17O4PS. The van der Waals surface area contributed by atoms with E-state index in [4.69, 9.17) is 13.8 Å². The van der Waals surface area contributed by atoms with Gasteiger partial charge in [0.25, 0.3) is 0 Å². The van der Waals surface area contributed by atoms with Crippen molar-refractivity contribution >= 4 is 18.1 Å². The highest BCUT2D eigenvalue weighted by Gasteiger charge is 2.26. The Bertz CT molecular complexity index is 180. The Balaban J connectivity index is 4.23. The predicted octanol–water partition coefficient (Wildman–Crippen LogP) is 1.88. The van der Waals surface area contributed by atoms with Crippen LogP contribution >= 0.6 is 18.1 Å². The third-order valence-electron chi connectivity index (χ3n) is 1.52. The van der Waals surface area contributed by atoms with Gasteiger partial charge >= 0.3 is 7.82 Å². The molecule has 0 aliphatic heterocycles. The molecule has 0 heterocycles. The van der Waals surface area contributed by atoms with E-state index < -0.39 is 18.1 Å². The fourth-order valence-corrected chi connectivity index (χ4v) is 4.65. The lowest BCUT2D eigenvalue weighted by atomic mass is 10.6. The number of hydrogen-bond acceptors (Lipinski definition) is 2. The quantitative estimate of drug-likeness (QED) is 0.688. The third kappa shape index (κ3) is 5.17. The summed E-state index contributed by atoms with van der Waals surface area (Å²) in [6, 6.07) is 0. The first-order valence-corrected chi connectivity index (χ1v) is 7.67. The Kier molecular flexibility index (Phi) is 4.81. The van der Waals surface area contributed by atoms with Gasteiger partial charge in [-0.1, -0.05) is 13.8 Å². The fourth-order valence-electron chi connectivity index (χ4n) is 0.901. The second kappa shape index (κ2) is 4.63. The topological polar surface area (TPSA) is 66.8 Å². The minimum atomic E-state index is -4.30. The largest absolute Gasteiger partial charge is 0.479 e. The number of rotatable bonds is 5. The molecule has 0 spiro atoms. The highest BCUT2D eigenvalue weighted by molar-refractivity contribution is 8.30. The molecule has 6 heteroatoms. The van der Waals surface area contributed by atoms with E-state index in [2.05, 4.69) is 0 Å². The van der Waals surface area contributed by atoms with Crippen molar-refractivity contribution in [1.29, 1.82) is 0 Å². The van der Waals surface area contributed by atoms with Crippen molar-refractivity contribution in [3.8, 4) is 0 Å². The van der Waals surface area contributed by atoms with Crippen molar-refractivity contribution < 1.29 is 18.3 Å². The molecule has 0 fully saturated rings. The van der Waals surface area contributed by atoms with Crippen molar-refractivity contribution in [2.75, 3.05) is 17.8 Å². The van der Waals surface area contributed by atoms with Gasteiger partial charge in [0.05, 0.1) is 0 Å². The Hall–Kier alpha value is 0.460. The second-order valence-corrected chi connectivity index (χ2v) is 7.67. The van der Waals surface area contributed by atoms with Crippen LogP contribution in [0.2, 0.25) is 0 Å². The van der Waals surface area contributed by atoms with E-state index in [1.807, 2.05) is 13.8 Å². The molecular weight excluding hydrogens is 199 g/mol. The van der Waals surface area contributed by atoms with Gasteiger partial charge in [0.15, 0.2) is 0 Å². The molecule has 12 heavy (non-hydrogen) atoms. The van der Waals surface area contributed by atoms with Gasteiger partial charge in [-0.2, -0.15) is 0 Å². The molecule has 0 radical (unpaired) electrons. The second-order valence-electron chi connectivity index (χ2n) is 2.74. The summed E-state index contributed by atoms with van der Waals surface area (Å²) >= 11 is 0. The Morgan fingerprint density at radius 3 is 2.17 bits per heavy atom. The van der Waals surface area contributed by atoms with E-state index >= 15 is 0 Å². The molecule has 0 saturated carbocycles. The zero-order valence-corrected chi connectivity index (χ0v) is 9.40. The van der Waals surface area contributed by atoms with E-state index in [1.54, 1.807) is 6.26 Å². The maximum absolute atomic E-state index is 10.6. The van der Waals surface area contributed by atoms with Gasteiger partial charge < -0.3 is 9.79 Å². The minimum Gasteiger partial charge on any atom is -0.302 e. The molecule has 0 rings (SSSR count). The monoisotopic (exact) mass is 216 g/mol. The molecule has 76 valence electrons. The summed E-state index contributed by atoms with van der Waals surface area (Å²) < 4.78 is 15.3. The molecule has 1 atom stereocenters.